The van der Waals surface area contributed by atoms with Gasteiger partial charge in [0.05, 0.1) is 0 Å². The quantitative estimate of drug-likeness (QED) is 0.855. The number of amides is 2. The normalized spacial score (nSPS) is 13.5. The third-order valence-corrected chi connectivity index (χ3v) is 4.95. The van der Waals surface area contributed by atoms with Gasteiger partial charge in [-0.2, -0.15) is 0 Å². The van der Waals surface area contributed by atoms with Gasteiger partial charge in [-0.3, -0.25) is 9.59 Å². The van der Waals surface area contributed by atoms with Crippen LogP contribution in [0.15, 0.2) is 48.5 Å². The average molecular weight is 365 g/mol. The highest BCUT2D eigenvalue weighted by Gasteiger charge is 2.17. The van der Waals surface area contributed by atoms with Crippen molar-refractivity contribution in [2.75, 3.05) is 38.6 Å². The zero-order valence-electron chi connectivity index (χ0n) is 16.1. The van der Waals surface area contributed by atoms with Gasteiger partial charge in [0.25, 0.3) is 5.91 Å². The van der Waals surface area contributed by atoms with Gasteiger partial charge < -0.3 is 15.1 Å². The predicted octanol–water partition coefficient (Wildman–Crippen LogP) is 3.16. The summed E-state index contributed by atoms with van der Waals surface area (Å²) >= 11 is 0. The fourth-order valence-electron chi connectivity index (χ4n) is 3.28. The van der Waals surface area contributed by atoms with Crippen molar-refractivity contribution in [2.45, 2.75) is 19.3 Å². The number of benzene rings is 2. The largest absolute Gasteiger partial charge is 0.378 e. The molecule has 0 atom stereocenters. The maximum atomic E-state index is 12.3. The zero-order chi connectivity index (χ0) is 19.2. The summed E-state index contributed by atoms with van der Waals surface area (Å²) < 4.78 is 0. The molecule has 1 fully saturated rings. The highest BCUT2D eigenvalue weighted by atomic mass is 16.2. The number of nitrogens with one attached hydrogen (secondary N) is 1. The van der Waals surface area contributed by atoms with E-state index in [1.165, 1.54) is 0 Å². The van der Waals surface area contributed by atoms with E-state index >= 15 is 0 Å². The summed E-state index contributed by atoms with van der Waals surface area (Å²) in [5.74, 6) is -0.0111. The van der Waals surface area contributed by atoms with E-state index in [1.54, 1.807) is 0 Å². The van der Waals surface area contributed by atoms with E-state index in [4.69, 9.17) is 0 Å². The van der Waals surface area contributed by atoms with Crippen LogP contribution in [-0.2, 0) is 4.79 Å². The maximum Gasteiger partial charge on any atom is 0.251 e. The molecule has 1 heterocycles. The number of anilines is 1. The number of carbonyl (C=O) groups is 2. The van der Waals surface area contributed by atoms with Crippen molar-refractivity contribution in [3.05, 3.63) is 54.1 Å². The third kappa shape index (κ3) is 4.88. The van der Waals surface area contributed by atoms with Gasteiger partial charge in [0, 0.05) is 51.4 Å². The lowest BCUT2D eigenvalue weighted by atomic mass is 10.0. The van der Waals surface area contributed by atoms with Gasteiger partial charge in [0.2, 0.25) is 5.91 Å². The molecule has 2 aromatic carbocycles. The molecule has 2 aromatic rings. The molecule has 142 valence electrons. The predicted molar refractivity (Wildman–Crippen MR) is 109 cm³/mol. The molecule has 0 spiro atoms. The Morgan fingerprint density at radius 3 is 2.04 bits per heavy atom. The summed E-state index contributed by atoms with van der Waals surface area (Å²) in [6.45, 7) is 2.08. The minimum absolute atomic E-state index is 0.129. The molecule has 1 aliphatic rings. The Bertz CT molecular complexity index is 776. The topological polar surface area (TPSA) is 52.7 Å². The number of likely N-dealkylation sites (tertiary alicyclic amines) is 1. The van der Waals surface area contributed by atoms with Crippen LogP contribution in [0.3, 0.4) is 0 Å². The van der Waals surface area contributed by atoms with E-state index in [-0.39, 0.29) is 11.8 Å². The first-order chi connectivity index (χ1) is 13.0. The minimum Gasteiger partial charge on any atom is -0.378 e. The lowest BCUT2D eigenvalue weighted by molar-refractivity contribution is -0.129. The Kier molecular flexibility index (Phi) is 6.12. The lowest BCUT2D eigenvalue weighted by Gasteiger charge is -2.15. The SMILES string of the molecule is CN(C)c1ccc(-c2ccc(C(=O)NCCC(=O)N3CCCC3)cc2)cc1. The molecule has 0 aromatic heterocycles. The highest BCUT2D eigenvalue weighted by molar-refractivity contribution is 5.95. The molecule has 5 nitrogen and oxygen atoms in total. The van der Waals surface area contributed by atoms with Crippen LogP contribution < -0.4 is 10.2 Å². The van der Waals surface area contributed by atoms with Crippen LogP contribution in [0.5, 0.6) is 0 Å². The lowest BCUT2D eigenvalue weighted by Crippen LogP contribution is -2.32. The molecule has 1 aliphatic heterocycles. The monoisotopic (exact) mass is 365 g/mol. The van der Waals surface area contributed by atoms with Crippen LogP contribution >= 0.6 is 0 Å². The number of hydrogen-bond acceptors (Lipinski definition) is 3. The molecule has 27 heavy (non-hydrogen) atoms. The van der Waals surface area contributed by atoms with E-state index in [0.29, 0.717) is 18.5 Å². The van der Waals surface area contributed by atoms with Crippen LogP contribution in [-0.4, -0.2) is 50.4 Å². The number of nitrogens with zero attached hydrogens (tertiary/aromatic N) is 2. The van der Waals surface area contributed by atoms with Crippen LogP contribution in [0.1, 0.15) is 29.6 Å². The first kappa shape index (κ1) is 19.0. The first-order valence-electron chi connectivity index (χ1n) is 9.48. The van der Waals surface area contributed by atoms with Crippen molar-refractivity contribution >= 4 is 17.5 Å². The van der Waals surface area contributed by atoms with Gasteiger partial charge >= 0.3 is 0 Å². The van der Waals surface area contributed by atoms with Gasteiger partial charge in [-0.05, 0) is 48.2 Å². The van der Waals surface area contributed by atoms with Gasteiger partial charge in [0.15, 0.2) is 0 Å². The Morgan fingerprint density at radius 1 is 0.926 bits per heavy atom. The summed E-state index contributed by atoms with van der Waals surface area (Å²) in [6.07, 6.45) is 2.53. The van der Waals surface area contributed by atoms with E-state index in [1.807, 2.05) is 43.3 Å². The van der Waals surface area contributed by atoms with E-state index < -0.39 is 0 Å². The van der Waals surface area contributed by atoms with Crippen LogP contribution in [0.25, 0.3) is 11.1 Å². The second-order valence-electron chi connectivity index (χ2n) is 7.11. The zero-order valence-corrected chi connectivity index (χ0v) is 16.1. The second kappa shape index (κ2) is 8.71. The molecule has 2 amide bonds. The smallest absolute Gasteiger partial charge is 0.251 e. The van der Waals surface area contributed by atoms with Gasteiger partial charge in [-0.1, -0.05) is 24.3 Å². The molecule has 0 radical (unpaired) electrons. The van der Waals surface area contributed by atoms with Crippen LogP contribution in [0, 0.1) is 0 Å². The molecular formula is C22H27N3O2. The minimum atomic E-state index is -0.140. The Balaban J connectivity index is 1.53. The fourth-order valence-corrected chi connectivity index (χ4v) is 3.28. The van der Waals surface area contributed by atoms with Crippen molar-refractivity contribution < 1.29 is 9.59 Å². The van der Waals surface area contributed by atoms with E-state index in [2.05, 4.69) is 34.5 Å². The molecular weight excluding hydrogens is 338 g/mol. The molecule has 0 bridgehead atoms. The number of carbonyl (C=O) groups excluding carboxylic acids is 2. The van der Waals surface area contributed by atoms with Crippen molar-refractivity contribution in [3.63, 3.8) is 0 Å². The molecule has 1 N–H and O–H groups in total. The molecule has 1 saturated heterocycles. The second-order valence-corrected chi connectivity index (χ2v) is 7.11. The molecule has 0 unspecified atom stereocenters. The highest BCUT2D eigenvalue weighted by Crippen LogP contribution is 2.22. The average Bonchev–Trinajstić information content (AvgIpc) is 3.23. The molecule has 3 rings (SSSR count). The maximum absolute atomic E-state index is 12.3. The van der Waals surface area contributed by atoms with Crippen LogP contribution in [0.4, 0.5) is 5.69 Å². The summed E-state index contributed by atoms with van der Waals surface area (Å²) in [5.41, 5.74) is 3.94. The third-order valence-electron chi connectivity index (χ3n) is 4.95. The van der Waals surface area contributed by atoms with Crippen molar-refractivity contribution in [2.24, 2.45) is 0 Å². The summed E-state index contributed by atoms with van der Waals surface area (Å²) in [6, 6.07) is 15.9. The summed E-state index contributed by atoms with van der Waals surface area (Å²) in [4.78, 5) is 28.2. The number of rotatable bonds is 6. The fraction of sp³-hybridized carbons (Fsp3) is 0.364. The van der Waals surface area contributed by atoms with E-state index in [9.17, 15) is 9.59 Å². The van der Waals surface area contributed by atoms with Crippen molar-refractivity contribution in [1.82, 2.24) is 10.2 Å². The first-order valence-corrected chi connectivity index (χ1v) is 9.48. The van der Waals surface area contributed by atoms with Gasteiger partial charge in [-0.25, -0.2) is 0 Å². The van der Waals surface area contributed by atoms with Gasteiger partial charge in [-0.15, -0.1) is 0 Å². The Labute approximate surface area is 161 Å². The van der Waals surface area contributed by atoms with E-state index in [0.717, 1.165) is 42.7 Å². The van der Waals surface area contributed by atoms with Crippen LogP contribution in [0.2, 0.25) is 0 Å². The molecule has 0 aliphatic carbocycles. The van der Waals surface area contributed by atoms with Crippen molar-refractivity contribution in [3.8, 4) is 11.1 Å². The summed E-state index contributed by atoms with van der Waals surface area (Å²) in [5, 5.41) is 2.84. The summed E-state index contributed by atoms with van der Waals surface area (Å²) in [7, 11) is 4.03. The Morgan fingerprint density at radius 2 is 1.48 bits per heavy atom. The number of hydrogen-bond donors (Lipinski definition) is 1. The van der Waals surface area contributed by atoms with Crippen molar-refractivity contribution in [1.29, 1.82) is 0 Å². The Hall–Kier alpha value is -2.82. The molecule has 0 saturated carbocycles. The molecule has 5 heteroatoms. The van der Waals surface area contributed by atoms with Gasteiger partial charge in [0.1, 0.15) is 0 Å². The standard InChI is InChI=1S/C22H27N3O2/c1-24(2)20-11-9-18(10-12-20)17-5-7-19(8-6-17)22(27)23-14-13-21(26)25-15-3-4-16-25/h5-12H,3-4,13-16H2,1-2H3,(H,23,27).